The zero-order chi connectivity index (χ0) is 37.4. The molecule has 0 aliphatic carbocycles. The summed E-state index contributed by atoms with van der Waals surface area (Å²) in [6.45, 7) is 7.85. The summed E-state index contributed by atoms with van der Waals surface area (Å²) in [5, 5.41) is 7.64. The van der Waals surface area contributed by atoms with Crippen LogP contribution < -0.4 is 0 Å². The molecular formula is C31H32Cl2F9N3O4. The molecule has 2 atom stereocenters. The summed E-state index contributed by atoms with van der Waals surface area (Å²) in [6.07, 6.45) is -15.0. The van der Waals surface area contributed by atoms with Crippen LogP contribution in [0.5, 0.6) is 0 Å². The topological polar surface area (TPSA) is 81.2 Å². The smallest absolute Gasteiger partial charge is 0.475 e. The second-order valence-electron chi connectivity index (χ2n) is 12.7. The van der Waals surface area contributed by atoms with Crippen molar-refractivity contribution in [2.75, 3.05) is 33.2 Å². The van der Waals surface area contributed by atoms with Crippen LogP contribution in [0.25, 0.3) is 0 Å². The molecule has 4 rings (SSSR count). The van der Waals surface area contributed by atoms with Crippen molar-refractivity contribution in [2.45, 2.75) is 63.2 Å². The molecule has 0 bridgehead atoms. The second kappa shape index (κ2) is 14.5. The minimum atomic E-state index is -5.09. The number of halogens is 11. The van der Waals surface area contributed by atoms with Crippen molar-refractivity contribution >= 4 is 41.0 Å². The molecule has 0 unspecified atom stereocenters. The Hall–Kier alpha value is -3.24. The number of carbonyl (C=O) groups is 3. The van der Waals surface area contributed by atoms with Gasteiger partial charge < -0.3 is 14.9 Å². The van der Waals surface area contributed by atoms with Gasteiger partial charge >= 0.3 is 24.5 Å². The molecule has 2 aliphatic rings. The SMILES string of the molecule is CN(C(=O)c1cc(C(F)(F)F)cc(C(F)(F)F)c1)[C@@H]1CCN(C(=O)C2CN(C(C)(C)C)C2)C[C@H]1c1ccc(Cl)c(Cl)c1.O=C(O)C(F)(F)F. The molecule has 7 nitrogen and oxygen atoms in total. The number of hydrogen-bond donors (Lipinski definition) is 1. The van der Waals surface area contributed by atoms with Crippen molar-refractivity contribution < 1.29 is 59.0 Å². The molecule has 2 aromatic rings. The molecule has 272 valence electrons. The van der Waals surface area contributed by atoms with E-state index in [0.717, 1.165) is 4.90 Å². The first kappa shape index (κ1) is 40.2. The fourth-order valence-corrected chi connectivity index (χ4v) is 5.85. The molecule has 0 radical (unpaired) electrons. The fourth-order valence-electron chi connectivity index (χ4n) is 5.55. The first-order valence-electron chi connectivity index (χ1n) is 14.6. The molecule has 2 saturated heterocycles. The number of carbonyl (C=O) groups excluding carboxylic acids is 2. The van der Waals surface area contributed by atoms with Gasteiger partial charge in [-0.1, -0.05) is 29.3 Å². The number of amides is 2. The molecule has 2 aromatic carbocycles. The number of piperidine rings is 1. The lowest BCUT2D eigenvalue weighted by Crippen LogP contribution is -2.62. The van der Waals surface area contributed by atoms with Crippen LogP contribution >= 0.6 is 23.2 Å². The van der Waals surface area contributed by atoms with Gasteiger partial charge in [0.15, 0.2) is 0 Å². The minimum Gasteiger partial charge on any atom is -0.475 e. The van der Waals surface area contributed by atoms with E-state index in [0.29, 0.717) is 30.8 Å². The highest BCUT2D eigenvalue weighted by atomic mass is 35.5. The van der Waals surface area contributed by atoms with Gasteiger partial charge in [-0.25, -0.2) is 4.79 Å². The molecule has 2 aliphatic heterocycles. The lowest BCUT2D eigenvalue weighted by atomic mass is 9.83. The summed E-state index contributed by atoms with van der Waals surface area (Å²) in [4.78, 5) is 40.8. The molecule has 0 aromatic heterocycles. The lowest BCUT2D eigenvalue weighted by Gasteiger charge is -2.49. The zero-order valence-corrected chi connectivity index (χ0v) is 27.9. The van der Waals surface area contributed by atoms with E-state index in [2.05, 4.69) is 25.7 Å². The van der Waals surface area contributed by atoms with Gasteiger partial charge in [0.25, 0.3) is 5.91 Å². The predicted octanol–water partition coefficient (Wildman–Crippen LogP) is 7.85. The highest BCUT2D eigenvalue weighted by Gasteiger charge is 2.44. The van der Waals surface area contributed by atoms with Gasteiger partial charge in [0.05, 0.1) is 27.1 Å². The summed E-state index contributed by atoms with van der Waals surface area (Å²) in [6, 6.07) is 5.04. The third kappa shape index (κ3) is 9.94. The van der Waals surface area contributed by atoms with Gasteiger partial charge in [-0.2, -0.15) is 39.5 Å². The minimum absolute atomic E-state index is 0.0133. The van der Waals surface area contributed by atoms with E-state index in [-0.39, 0.29) is 53.0 Å². The van der Waals surface area contributed by atoms with Crippen molar-refractivity contribution in [3.63, 3.8) is 0 Å². The van der Waals surface area contributed by atoms with Crippen LogP contribution in [-0.2, 0) is 21.9 Å². The molecule has 0 saturated carbocycles. The number of nitrogens with zero attached hydrogens (tertiary/aromatic N) is 3. The quantitative estimate of drug-likeness (QED) is 0.322. The highest BCUT2D eigenvalue weighted by Crippen LogP contribution is 2.39. The number of rotatable bonds is 4. The monoisotopic (exact) mass is 751 g/mol. The van der Waals surface area contributed by atoms with Crippen molar-refractivity contribution in [3.05, 3.63) is 68.7 Å². The van der Waals surface area contributed by atoms with Crippen LogP contribution in [0.2, 0.25) is 10.0 Å². The number of carboxylic acids is 1. The Bertz CT molecular complexity index is 1520. The number of likely N-dealkylation sites (tertiary alicyclic amines) is 2. The van der Waals surface area contributed by atoms with Gasteiger partial charge in [-0.3, -0.25) is 14.5 Å². The Labute approximate surface area is 285 Å². The summed E-state index contributed by atoms with van der Waals surface area (Å²) in [5.74, 6) is -4.52. The van der Waals surface area contributed by atoms with Gasteiger partial charge in [0.2, 0.25) is 5.91 Å². The Morgan fingerprint density at radius 2 is 1.33 bits per heavy atom. The Morgan fingerprint density at radius 1 is 0.816 bits per heavy atom. The van der Waals surface area contributed by atoms with E-state index in [9.17, 15) is 49.1 Å². The average molecular weight is 753 g/mol. The largest absolute Gasteiger partial charge is 0.490 e. The molecule has 2 amide bonds. The number of hydrogen-bond acceptors (Lipinski definition) is 4. The molecule has 0 spiro atoms. The molecule has 1 N–H and O–H groups in total. The molecule has 2 heterocycles. The van der Waals surface area contributed by atoms with E-state index in [1.165, 1.54) is 7.05 Å². The summed E-state index contributed by atoms with van der Waals surface area (Å²) >= 11 is 12.4. The number of likely N-dealkylation sites (N-methyl/N-ethyl adjacent to an activating group) is 1. The number of aliphatic carboxylic acids is 1. The van der Waals surface area contributed by atoms with E-state index < -0.39 is 59.1 Å². The van der Waals surface area contributed by atoms with E-state index >= 15 is 0 Å². The first-order chi connectivity index (χ1) is 22.2. The normalized spacial score (nSPS) is 19.4. The maximum atomic E-state index is 13.5. The van der Waals surface area contributed by atoms with E-state index in [1.807, 2.05) is 0 Å². The van der Waals surface area contributed by atoms with Crippen molar-refractivity contribution in [1.82, 2.24) is 14.7 Å². The second-order valence-corrected chi connectivity index (χ2v) is 13.5. The van der Waals surface area contributed by atoms with Crippen LogP contribution in [0.15, 0.2) is 36.4 Å². The fraction of sp³-hybridized carbons (Fsp3) is 0.516. The average Bonchev–Trinajstić information content (AvgIpc) is 2.94. The van der Waals surface area contributed by atoms with Crippen LogP contribution in [0, 0.1) is 5.92 Å². The summed E-state index contributed by atoms with van der Waals surface area (Å²) < 4.78 is 112. The lowest BCUT2D eigenvalue weighted by molar-refractivity contribution is -0.192. The summed E-state index contributed by atoms with van der Waals surface area (Å²) in [7, 11) is 1.34. The van der Waals surface area contributed by atoms with Crippen molar-refractivity contribution in [3.8, 4) is 0 Å². The van der Waals surface area contributed by atoms with Gasteiger partial charge in [-0.15, -0.1) is 0 Å². The molecule has 49 heavy (non-hydrogen) atoms. The Balaban J connectivity index is 0.000000838. The maximum absolute atomic E-state index is 13.5. The van der Waals surface area contributed by atoms with E-state index in [1.54, 1.807) is 23.1 Å². The third-order valence-electron chi connectivity index (χ3n) is 8.33. The van der Waals surface area contributed by atoms with Crippen LogP contribution in [0.1, 0.15) is 60.2 Å². The van der Waals surface area contributed by atoms with Crippen LogP contribution in [-0.4, -0.2) is 88.6 Å². The molecule has 18 heteroatoms. The predicted molar refractivity (Wildman–Crippen MR) is 161 cm³/mol. The van der Waals surface area contributed by atoms with Gasteiger partial charge in [0, 0.05) is 56.3 Å². The number of benzene rings is 2. The third-order valence-corrected chi connectivity index (χ3v) is 9.07. The standard InChI is InChI=1S/C29H31Cl2F6N3O2.C2HF3O2/c1-27(2,3)40-13-18(14-40)26(42)39-8-7-24(21(15-39)16-5-6-22(30)23(31)11-16)38(4)25(41)17-9-19(28(32,33)34)12-20(10-17)29(35,36)37;3-2(4,5)1(6)7/h5-6,9-12,18,21,24H,7-8,13-15H2,1-4H3;(H,6,7)/t21-,24+;/m0./s1. The van der Waals surface area contributed by atoms with Crippen molar-refractivity contribution in [1.29, 1.82) is 0 Å². The van der Waals surface area contributed by atoms with Gasteiger partial charge in [0.1, 0.15) is 0 Å². The van der Waals surface area contributed by atoms with Crippen LogP contribution in [0.3, 0.4) is 0 Å². The first-order valence-corrected chi connectivity index (χ1v) is 15.3. The number of alkyl halides is 9. The summed E-state index contributed by atoms with van der Waals surface area (Å²) in [5.41, 5.74) is -3.31. The van der Waals surface area contributed by atoms with Crippen LogP contribution in [0.4, 0.5) is 39.5 Å². The molecular weight excluding hydrogens is 720 g/mol. The zero-order valence-electron chi connectivity index (χ0n) is 26.4. The Kier molecular flexibility index (Phi) is 11.9. The van der Waals surface area contributed by atoms with Gasteiger partial charge in [-0.05, 0) is 63.1 Å². The number of carboxylic acid groups (broad SMARTS) is 1. The van der Waals surface area contributed by atoms with Crippen molar-refractivity contribution in [2.24, 2.45) is 5.92 Å². The highest BCUT2D eigenvalue weighted by molar-refractivity contribution is 6.42. The molecule has 2 fully saturated rings. The maximum Gasteiger partial charge on any atom is 0.490 e. The van der Waals surface area contributed by atoms with E-state index in [4.69, 9.17) is 33.1 Å². The Morgan fingerprint density at radius 3 is 1.76 bits per heavy atom.